The number of aromatic nitrogens is 4. The van der Waals surface area contributed by atoms with Gasteiger partial charge in [-0.15, -0.1) is 0 Å². The minimum absolute atomic E-state index is 0.374. The van der Waals surface area contributed by atoms with Gasteiger partial charge in [0.05, 0.1) is 4.47 Å². The fourth-order valence-electron chi connectivity index (χ4n) is 2.21. The van der Waals surface area contributed by atoms with Crippen molar-refractivity contribution in [2.45, 2.75) is 0 Å². The molecule has 0 aliphatic rings. The first kappa shape index (κ1) is 14.0. The van der Waals surface area contributed by atoms with Crippen LogP contribution >= 0.6 is 43.5 Å². The molecule has 0 unspecified atom stereocenters. The van der Waals surface area contributed by atoms with E-state index in [2.05, 4.69) is 42.1 Å². The molecule has 0 saturated heterocycles. The highest BCUT2D eigenvalue weighted by atomic mass is 79.9. The summed E-state index contributed by atoms with van der Waals surface area (Å²) < 4.78 is 8.24. The summed E-state index contributed by atoms with van der Waals surface area (Å²) in [6, 6.07) is 8.45. The van der Waals surface area contributed by atoms with Gasteiger partial charge >= 0.3 is 0 Å². The Morgan fingerprint density at radius 2 is 2.05 bits per heavy atom. The first-order valence-electron chi connectivity index (χ1n) is 6.07. The average Bonchev–Trinajstić information content (AvgIpc) is 3.04. The van der Waals surface area contributed by atoms with E-state index in [4.69, 9.17) is 16.0 Å². The van der Waals surface area contributed by atoms with Gasteiger partial charge in [0, 0.05) is 16.2 Å². The second kappa shape index (κ2) is 4.94. The molecule has 1 aromatic carbocycles. The van der Waals surface area contributed by atoms with Gasteiger partial charge in [-0.3, -0.25) is 0 Å². The molecule has 3 aromatic heterocycles. The molecule has 4 aromatic rings. The number of benzene rings is 1. The molecular formula is C13H5Br2ClN4O2. The maximum Gasteiger partial charge on any atom is 0.270 e. The standard InChI is InChI=1S/C13H5Br2ClN4O2/c14-10-4-3-9(22-10)12-11(15)13-18-20(21)7-2-1-6(16)5-8(7)19(13)17-12/h1-5H. The maximum atomic E-state index is 12.1. The number of nitrogens with zero attached hydrogens (tertiary/aromatic N) is 4. The van der Waals surface area contributed by atoms with Crippen molar-refractivity contribution in [3.05, 3.63) is 49.7 Å². The second-order valence-corrected chi connectivity index (χ2v) is 6.52. The first-order valence-corrected chi connectivity index (χ1v) is 8.04. The molecule has 110 valence electrons. The van der Waals surface area contributed by atoms with Crippen molar-refractivity contribution in [1.82, 2.24) is 14.7 Å². The lowest BCUT2D eigenvalue weighted by atomic mass is 10.3. The van der Waals surface area contributed by atoms with Crippen molar-refractivity contribution in [1.29, 1.82) is 0 Å². The van der Waals surface area contributed by atoms with Crippen LogP contribution in [-0.4, -0.2) is 14.7 Å². The van der Waals surface area contributed by atoms with Crippen LogP contribution in [0, 0.1) is 5.21 Å². The topological polar surface area (TPSA) is 70.3 Å². The molecule has 0 bridgehead atoms. The summed E-state index contributed by atoms with van der Waals surface area (Å²) in [4.78, 5) is 0.551. The molecule has 6 nitrogen and oxygen atoms in total. The lowest BCUT2D eigenvalue weighted by Gasteiger charge is -2.01. The highest BCUT2D eigenvalue weighted by molar-refractivity contribution is 9.11. The zero-order chi connectivity index (χ0) is 15.4. The molecule has 0 aliphatic carbocycles. The largest absolute Gasteiger partial charge is 0.594 e. The first-order chi connectivity index (χ1) is 10.5. The molecular weight excluding hydrogens is 439 g/mol. The van der Waals surface area contributed by atoms with Gasteiger partial charge in [0.15, 0.2) is 10.4 Å². The SMILES string of the molecule is [O-][n+]1nc2c(Br)c(-c3ccc(Br)o3)nn2c2cc(Cl)ccc21. The van der Waals surface area contributed by atoms with Crippen molar-refractivity contribution < 1.29 is 9.26 Å². The van der Waals surface area contributed by atoms with Crippen molar-refractivity contribution in [3.63, 3.8) is 0 Å². The van der Waals surface area contributed by atoms with Gasteiger partial charge in [-0.05, 0) is 61.0 Å². The summed E-state index contributed by atoms with van der Waals surface area (Å²) >= 11 is 12.7. The van der Waals surface area contributed by atoms with Gasteiger partial charge < -0.3 is 9.62 Å². The molecule has 4 rings (SSSR count). The van der Waals surface area contributed by atoms with E-state index in [0.29, 0.717) is 47.1 Å². The zero-order valence-electron chi connectivity index (χ0n) is 10.6. The highest BCUT2D eigenvalue weighted by Gasteiger charge is 2.22. The molecule has 0 spiro atoms. The molecule has 0 N–H and O–H groups in total. The number of hydrogen-bond donors (Lipinski definition) is 0. The monoisotopic (exact) mass is 442 g/mol. The Bertz CT molecular complexity index is 1040. The molecule has 9 heteroatoms. The van der Waals surface area contributed by atoms with Crippen LogP contribution in [0.15, 0.2) is 43.9 Å². The molecule has 0 aliphatic heterocycles. The molecule has 22 heavy (non-hydrogen) atoms. The zero-order valence-corrected chi connectivity index (χ0v) is 14.6. The Balaban J connectivity index is 2.13. The molecule has 3 heterocycles. The lowest BCUT2D eigenvalue weighted by Crippen LogP contribution is -2.33. The fraction of sp³-hybridized carbons (Fsp3) is 0. The summed E-state index contributed by atoms with van der Waals surface area (Å²) in [7, 11) is 0. The van der Waals surface area contributed by atoms with E-state index in [1.54, 1.807) is 34.8 Å². The minimum atomic E-state index is 0.374. The van der Waals surface area contributed by atoms with Crippen LogP contribution in [0.1, 0.15) is 0 Å². The van der Waals surface area contributed by atoms with Crippen molar-refractivity contribution in [2.75, 3.05) is 0 Å². The Morgan fingerprint density at radius 1 is 1.23 bits per heavy atom. The van der Waals surface area contributed by atoms with E-state index in [-0.39, 0.29) is 0 Å². The van der Waals surface area contributed by atoms with Crippen molar-refractivity contribution in [3.8, 4) is 11.5 Å². The van der Waals surface area contributed by atoms with Crippen LogP contribution in [0.4, 0.5) is 0 Å². The van der Waals surface area contributed by atoms with Crippen LogP contribution in [-0.2, 0) is 0 Å². The number of halogens is 3. The Labute approximate surface area is 145 Å². The van der Waals surface area contributed by atoms with Crippen LogP contribution in [0.5, 0.6) is 0 Å². The summed E-state index contributed by atoms with van der Waals surface area (Å²) in [6.45, 7) is 0. The molecule has 0 atom stereocenters. The fourth-order valence-corrected chi connectivity index (χ4v) is 3.21. The summed E-state index contributed by atoms with van der Waals surface area (Å²) in [6.07, 6.45) is 0. The van der Waals surface area contributed by atoms with E-state index in [0.717, 1.165) is 0 Å². The minimum Gasteiger partial charge on any atom is -0.594 e. The highest BCUT2D eigenvalue weighted by Crippen LogP contribution is 2.33. The van der Waals surface area contributed by atoms with Crippen LogP contribution in [0.3, 0.4) is 0 Å². The predicted octanol–water partition coefficient (Wildman–Crippen LogP) is 3.95. The smallest absolute Gasteiger partial charge is 0.270 e. The third-order valence-electron chi connectivity index (χ3n) is 3.17. The molecule has 0 amide bonds. The summed E-state index contributed by atoms with van der Waals surface area (Å²) in [5.41, 5.74) is 1.86. The quantitative estimate of drug-likeness (QED) is 0.329. The van der Waals surface area contributed by atoms with Gasteiger partial charge in [0.2, 0.25) is 5.65 Å². The summed E-state index contributed by atoms with van der Waals surface area (Å²) in [5.74, 6) is 0.553. The maximum absolute atomic E-state index is 12.1. The molecule has 0 saturated carbocycles. The van der Waals surface area contributed by atoms with Gasteiger partial charge in [-0.25, -0.2) is 4.52 Å². The van der Waals surface area contributed by atoms with Crippen LogP contribution in [0.2, 0.25) is 5.02 Å². The normalized spacial score (nSPS) is 11.6. The second-order valence-electron chi connectivity index (χ2n) is 4.51. The van der Waals surface area contributed by atoms with Gasteiger partial charge in [-0.2, -0.15) is 5.10 Å². The third-order valence-corrected chi connectivity index (χ3v) is 4.56. The van der Waals surface area contributed by atoms with E-state index in [1.807, 2.05) is 0 Å². The van der Waals surface area contributed by atoms with Crippen molar-refractivity contribution in [2.24, 2.45) is 0 Å². The lowest BCUT2D eigenvalue weighted by molar-refractivity contribution is -0.640. The number of hydrogen-bond acceptors (Lipinski definition) is 4. The summed E-state index contributed by atoms with van der Waals surface area (Å²) in [5, 5.41) is 21.1. The van der Waals surface area contributed by atoms with Gasteiger partial charge in [-0.1, -0.05) is 11.6 Å². The third kappa shape index (κ3) is 2.02. The molecule has 0 radical (unpaired) electrons. The van der Waals surface area contributed by atoms with Crippen LogP contribution < -0.4 is 4.85 Å². The Morgan fingerprint density at radius 3 is 2.77 bits per heavy atom. The van der Waals surface area contributed by atoms with Crippen molar-refractivity contribution >= 4 is 60.1 Å². The number of fused-ring (bicyclic) bond motifs is 3. The van der Waals surface area contributed by atoms with Gasteiger partial charge in [0.25, 0.3) is 5.52 Å². The Hall–Kier alpha value is -1.64. The van der Waals surface area contributed by atoms with Gasteiger partial charge in [0.1, 0.15) is 11.2 Å². The predicted molar refractivity (Wildman–Crippen MR) is 87.6 cm³/mol. The molecule has 0 fully saturated rings. The van der Waals surface area contributed by atoms with E-state index < -0.39 is 0 Å². The van der Waals surface area contributed by atoms with Crippen LogP contribution in [0.25, 0.3) is 28.1 Å². The van der Waals surface area contributed by atoms with E-state index in [1.165, 1.54) is 0 Å². The Kier molecular flexibility index (Phi) is 3.14. The average molecular weight is 444 g/mol. The number of furan rings is 1. The number of rotatable bonds is 1. The van der Waals surface area contributed by atoms with E-state index in [9.17, 15) is 5.21 Å². The van der Waals surface area contributed by atoms with E-state index >= 15 is 0 Å².